The molecule has 5 rings (SSSR count). The second-order valence-electron chi connectivity index (χ2n) is 6.27. The van der Waals surface area contributed by atoms with E-state index in [1.54, 1.807) is 0 Å². The Labute approximate surface area is 144 Å². The summed E-state index contributed by atoms with van der Waals surface area (Å²) in [5.74, 6) is 0. The minimum Gasteiger partial charge on any atom is -0.357 e. The van der Waals surface area contributed by atoms with Crippen molar-refractivity contribution in [2.24, 2.45) is 0 Å². The number of hydrogen-bond donors (Lipinski definition) is 2. The van der Waals surface area contributed by atoms with Crippen molar-refractivity contribution < 1.29 is 0 Å². The van der Waals surface area contributed by atoms with Crippen molar-refractivity contribution >= 4 is 33.4 Å². The third-order valence-corrected chi connectivity index (χ3v) is 5.06. The zero-order chi connectivity index (χ0) is 16.1. The maximum atomic E-state index is 6.19. The Morgan fingerprint density at radius 3 is 2.92 bits per heavy atom. The number of H-pyrrole nitrogens is 1. The topological polar surface area (TPSA) is 40.7 Å². The van der Waals surface area contributed by atoms with Crippen LogP contribution >= 0.6 is 11.6 Å². The normalized spacial score (nSPS) is 17.3. The number of aromatic nitrogens is 2. The van der Waals surface area contributed by atoms with Gasteiger partial charge in [-0.25, -0.2) is 0 Å². The summed E-state index contributed by atoms with van der Waals surface area (Å²) >= 11 is 6.19. The molecule has 118 valence electrons. The number of rotatable bonds is 1. The van der Waals surface area contributed by atoms with Gasteiger partial charge in [0.25, 0.3) is 0 Å². The van der Waals surface area contributed by atoms with Gasteiger partial charge in [0, 0.05) is 33.6 Å². The van der Waals surface area contributed by atoms with Crippen LogP contribution in [0, 0.1) is 0 Å². The molecule has 4 aromatic rings. The molecular weight excluding hydrogens is 318 g/mol. The van der Waals surface area contributed by atoms with Gasteiger partial charge in [0.1, 0.15) is 0 Å². The molecule has 1 aliphatic heterocycles. The van der Waals surface area contributed by atoms with Crippen LogP contribution in [-0.2, 0) is 6.42 Å². The van der Waals surface area contributed by atoms with Crippen LogP contribution in [0.15, 0.2) is 54.6 Å². The van der Waals surface area contributed by atoms with Gasteiger partial charge < -0.3 is 10.3 Å². The zero-order valence-electron chi connectivity index (χ0n) is 13.0. The predicted molar refractivity (Wildman–Crippen MR) is 98.6 cm³/mol. The molecule has 2 aromatic heterocycles. The van der Waals surface area contributed by atoms with Gasteiger partial charge in [0.2, 0.25) is 0 Å². The fourth-order valence-electron chi connectivity index (χ4n) is 3.70. The number of halogens is 1. The van der Waals surface area contributed by atoms with Gasteiger partial charge in [-0.3, -0.25) is 4.98 Å². The smallest absolute Gasteiger partial charge is 0.0906 e. The highest BCUT2D eigenvalue weighted by Gasteiger charge is 2.26. The van der Waals surface area contributed by atoms with Crippen LogP contribution in [0.5, 0.6) is 0 Å². The highest BCUT2D eigenvalue weighted by atomic mass is 35.5. The van der Waals surface area contributed by atoms with Gasteiger partial charge >= 0.3 is 0 Å². The number of nitrogens with zero attached hydrogens (tertiary/aromatic N) is 1. The van der Waals surface area contributed by atoms with E-state index >= 15 is 0 Å². The minimum absolute atomic E-state index is 0.0875. The molecule has 1 unspecified atom stereocenters. The first-order valence-electron chi connectivity index (χ1n) is 8.19. The van der Waals surface area contributed by atoms with Crippen molar-refractivity contribution in [1.82, 2.24) is 15.3 Å². The average molecular weight is 334 g/mol. The quantitative estimate of drug-likeness (QED) is 0.534. The molecule has 0 spiro atoms. The number of aromatic amines is 1. The molecule has 0 amide bonds. The van der Waals surface area contributed by atoms with Crippen molar-refractivity contribution in [3.05, 3.63) is 76.6 Å². The fourth-order valence-corrected chi connectivity index (χ4v) is 3.87. The van der Waals surface area contributed by atoms with Crippen molar-refractivity contribution in [3.63, 3.8) is 0 Å². The van der Waals surface area contributed by atoms with Crippen molar-refractivity contribution in [2.75, 3.05) is 6.54 Å². The molecule has 3 nitrogen and oxygen atoms in total. The number of para-hydroxylation sites is 1. The number of hydrogen-bond acceptors (Lipinski definition) is 2. The second-order valence-corrected chi connectivity index (χ2v) is 6.71. The molecule has 2 N–H and O–H groups in total. The second kappa shape index (κ2) is 5.33. The molecule has 2 aromatic carbocycles. The Kier molecular flexibility index (Phi) is 3.12. The molecule has 4 heteroatoms. The Morgan fingerprint density at radius 1 is 1.04 bits per heavy atom. The lowest BCUT2D eigenvalue weighted by atomic mass is 9.96. The summed E-state index contributed by atoms with van der Waals surface area (Å²) in [6.07, 6.45) is 1.000. The molecule has 1 aliphatic rings. The standard InChI is InChI=1S/C20H16ClN3/c21-13-6-8-17-15(11-13)14-9-10-22-20(19(14)24-17)18-7-5-12-3-1-2-4-16(12)23-18/h1-8,11,20,22,24H,9-10H2. The van der Waals surface area contributed by atoms with Crippen LogP contribution in [0.3, 0.4) is 0 Å². The van der Waals surface area contributed by atoms with Gasteiger partial charge in [-0.1, -0.05) is 35.9 Å². The third kappa shape index (κ3) is 2.13. The molecule has 24 heavy (non-hydrogen) atoms. The number of fused-ring (bicyclic) bond motifs is 4. The Hall–Kier alpha value is -2.36. The van der Waals surface area contributed by atoms with E-state index in [0.717, 1.165) is 34.7 Å². The fraction of sp³-hybridized carbons (Fsp3) is 0.150. The first-order valence-corrected chi connectivity index (χ1v) is 8.56. The van der Waals surface area contributed by atoms with Crippen LogP contribution < -0.4 is 5.32 Å². The third-order valence-electron chi connectivity index (χ3n) is 4.83. The van der Waals surface area contributed by atoms with E-state index in [1.807, 2.05) is 18.2 Å². The van der Waals surface area contributed by atoms with E-state index in [9.17, 15) is 0 Å². The molecule has 0 aliphatic carbocycles. The first kappa shape index (κ1) is 14.0. The maximum Gasteiger partial charge on any atom is 0.0906 e. The van der Waals surface area contributed by atoms with E-state index in [0.29, 0.717) is 0 Å². The van der Waals surface area contributed by atoms with E-state index in [1.165, 1.54) is 22.0 Å². The minimum atomic E-state index is 0.0875. The largest absolute Gasteiger partial charge is 0.357 e. The van der Waals surface area contributed by atoms with E-state index in [4.69, 9.17) is 16.6 Å². The van der Waals surface area contributed by atoms with Crippen molar-refractivity contribution in [3.8, 4) is 0 Å². The molecule has 0 radical (unpaired) electrons. The van der Waals surface area contributed by atoms with Crippen LogP contribution in [0.2, 0.25) is 5.02 Å². The Morgan fingerprint density at radius 2 is 1.96 bits per heavy atom. The lowest BCUT2D eigenvalue weighted by Crippen LogP contribution is -2.31. The monoisotopic (exact) mass is 333 g/mol. The van der Waals surface area contributed by atoms with Crippen LogP contribution in [0.25, 0.3) is 21.8 Å². The van der Waals surface area contributed by atoms with Gasteiger partial charge in [0.15, 0.2) is 0 Å². The zero-order valence-corrected chi connectivity index (χ0v) is 13.8. The summed E-state index contributed by atoms with van der Waals surface area (Å²) in [4.78, 5) is 8.46. The molecule has 0 bridgehead atoms. The van der Waals surface area contributed by atoms with Crippen LogP contribution in [0.4, 0.5) is 0 Å². The Balaban J connectivity index is 1.69. The molecule has 0 saturated heterocycles. The SMILES string of the molecule is Clc1ccc2[nH]c3c(c2c1)CCNC3c1ccc2ccccc2n1. The summed E-state index contributed by atoms with van der Waals surface area (Å²) in [5, 5.41) is 6.78. The predicted octanol–water partition coefficient (Wildman–Crippen LogP) is 4.60. The average Bonchev–Trinajstić information content (AvgIpc) is 2.99. The first-order chi connectivity index (χ1) is 11.8. The van der Waals surface area contributed by atoms with Gasteiger partial charge in [-0.2, -0.15) is 0 Å². The van der Waals surface area contributed by atoms with E-state index in [2.05, 4.69) is 46.7 Å². The maximum absolute atomic E-state index is 6.19. The summed E-state index contributed by atoms with van der Waals surface area (Å²) in [6, 6.07) is 18.6. The Bertz CT molecular complexity index is 1070. The van der Waals surface area contributed by atoms with E-state index < -0.39 is 0 Å². The summed E-state index contributed by atoms with van der Waals surface area (Å²) in [7, 11) is 0. The van der Waals surface area contributed by atoms with Gasteiger partial charge in [0.05, 0.1) is 17.3 Å². The van der Waals surface area contributed by atoms with Gasteiger partial charge in [-0.15, -0.1) is 0 Å². The van der Waals surface area contributed by atoms with Crippen molar-refractivity contribution in [2.45, 2.75) is 12.5 Å². The van der Waals surface area contributed by atoms with Crippen molar-refractivity contribution in [1.29, 1.82) is 0 Å². The number of nitrogens with one attached hydrogen (secondary N) is 2. The molecule has 1 atom stereocenters. The summed E-state index contributed by atoms with van der Waals surface area (Å²) < 4.78 is 0. The molecular formula is C20H16ClN3. The summed E-state index contributed by atoms with van der Waals surface area (Å²) in [5.41, 5.74) is 5.78. The number of benzene rings is 2. The number of pyridine rings is 1. The van der Waals surface area contributed by atoms with Crippen LogP contribution in [0.1, 0.15) is 23.0 Å². The highest BCUT2D eigenvalue weighted by molar-refractivity contribution is 6.31. The molecule has 0 saturated carbocycles. The van der Waals surface area contributed by atoms with Gasteiger partial charge in [-0.05, 0) is 42.3 Å². The van der Waals surface area contributed by atoms with E-state index in [-0.39, 0.29) is 6.04 Å². The lowest BCUT2D eigenvalue weighted by Gasteiger charge is -2.24. The van der Waals surface area contributed by atoms with Crippen LogP contribution in [-0.4, -0.2) is 16.5 Å². The molecule has 0 fully saturated rings. The highest BCUT2D eigenvalue weighted by Crippen LogP contribution is 2.34. The summed E-state index contributed by atoms with van der Waals surface area (Å²) in [6.45, 7) is 0.936. The molecule has 3 heterocycles. The lowest BCUT2D eigenvalue weighted by molar-refractivity contribution is 0.551.